The topological polar surface area (TPSA) is 83.0 Å². The predicted molar refractivity (Wildman–Crippen MR) is 144 cm³/mol. The molecule has 1 aromatic heterocycles. The van der Waals surface area contributed by atoms with Crippen LogP contribution in [0.25, 0.3) is 17.0 Å². The molecular formula is C26H24ClN5O2S. The van der Waals surface area contributed by atoms with Crippen LogP contribution in [0.1, 0.15) is 30.9 Å². The van der Waals surface area contributed by atoms with Crippen LogP contribution in [0.5, 0.6) is 5.75 Å². The summed E-state index contributed by atoms with van der Waals surface area (Å²) in [5.41, 5.74) is 3.07. The molecule has 0 aliphatic carbocycles. The lowest BCUT2D eigenvalue weighted by atomic mass is 10.1. The molecule has 2 aliphatic heterocycles. The second-order valence-electron chi connectivity index (χ2n) is 8.32. The van der Waals surface area contributed by atoms with Crippen LogP contribution in [0.2, 0.25) is 5.02 Å². The number of nitrogens with one attached hydrogen (secondary N) is 1. The molecular weight excluding hydrogens is 482 g/mol. The number of hydrogen-bond donors (Lipinski definition) is 1. The van der Waals surface area contributed by atoms with E-state index < -0.39 is 5.91 Å². The summed E-state index contributed by atoms with van der Waals surface area (Å²) >= 11 is 7.47. The van der Waals surface area contributed by atoms with Crippen molar-refractivity contribution < 1.29 is 9.53 Å². The zero-order valence-electron chi connectivity index (χ0n) is 19.4. The fourth-order valence-electron chi connectivity index (χ4n) is 4.05. The maximum absolute atomic E-state index is 12.8. The number of amidine groups is 2. The Morgan fingerprint density at radius 2 is 2.06 bits per heavy atom. The van der Waals surface area contributed by atoms with Crippen molar-refractivity contribution in [2.24, 2.45) is 10.1 Å². The Morgan fingerprint density at radius 3 is 2.86 bits per heavy atom. The van der Waals surface area contributed by atoms with E-state index in [-0.39, 0.29) is 11.4 Å². The maximum atomic E-state index is 12.8. The van der Waals surface area contributed by atoms with Crippen molar-refractivity contribution in [3.05, 3.63) is 70.4 Å². The normalized spacial score (nSPS) is 16.7. The first kappa shape index (κ1) is 23.4. The molecule has 3 heterocycles. The maximum Gasteiger partial charge on any atom is 0.283 e. The second-order valence-corrected chi connectivity index (χ2v) is 9.77. The molecule has 9 heteroatoms. The number of hydrogen-bond acceptors (Lipinski definition) is 5. The molecule has 0 fully saturated rings. The number of thioether (sulfide) groups is 1. The molecule has 0 radical (unpaired) electrons. The second kappa shape index (κ2) is 9.71. The molecule has 0 saturated carbocycles. The highest BCUT2D eigenvalue weighted by molar-refractivity contribution is 8.26. The average Bonchev–Trinajstić information content (AvgIpc) is 3.40. The molecule has 2 aromatic carbocycles. The Morgan fingerprint density at radius 1 is 1.23 bits per heavy atom. The Balaban J connectivity index is 1.41. The number of para-hydroxylation sites is 1. The molecule has 0 spiro atoms. The van der Waals surface area contributed by atoms with Crippen molar-refractivity contribution in [3.63, 3.8) is 0 Å². The Hall–Kier alpha value is -3.36. The van der Waals surface area contributed by atoms with Crippen LogP contribution in [0.4, 0.5) is 0 Å². The summed E-state index contributed by atoms with van der Waals surface area (Å²) in [6.45, 7) is 5.11. The number of aryl methyl sites for hydroxylation is 1. The standard InChI is InChI=1S/C26H24ClN5O2S/c1-3-6-23-30-32-24(28)20(25(33)29-26(32)35-23)14-17-15-31(22-8-5-4-7-19(17)22)11-12-34-18-9-10-21(27)16(2)13-18/h4-5,7-10,13-15,28H,3,6,11-12H2,1-2H3/b20-14-,28-24?. The van der Waals surface area contributed by atoms with Gasteiger partial charge in [-0.15, -0.1) is 0 Å². The number of halogens is 1. The molecule has 7 nitrogen and oxygen atoms in total. The highest BCUT2D eigenvalue weighted by atomic mass is 35.5. The Labute approximate surface area is 212 Å². The number of rotatable bonds is 7. The van der Waals surface area contributed by atoms with E-state index in [1.54, 1.807) is 6.08 Å². The van der Waals surface area contributed by atoms with Crippen molar-refractivity contribution in [2.45, 2.75) is 33.2 Å². The number of carbonyl (C=O) groups is 1. The summed E-state index contributed by atoms with van der Waals surface area (Å²) < 4.78 is 8.04. The summed E-state index contributed by atoms with van der Waals surface area (Å²) in [6.07, 6.45) is 5.47. The number of nitrogens with zero attached hydrogens (tertiary/aromatic N) is 4. The molecule has 178 valence electrons. The molecule has 0 bridgehead atoms. The van der Waals surface area contributed by atoms with E-state index in [1.807, 2.05) is 55.6 Å². The minimum absolute atomic E-state index is 0.0527. The van der Waals surface area contributed by atoms with Crippen molar-refractivity contribution in [2.75, 3.05) is 6.61 Å². The highest BCUT2D eigenvalue weighted by Crippen LogP contribution is 2.31. The van der Waals surface area contributed by atoms with Crippen LogP contribution in [0.15, 0.2) is 64.3 Å². The first-order chi connectivity index (χ1) is 16.9. The first-order valence-electron chi connectivity index (χ1n) is 11.4. The minimum atomic E-state index is -0.417. The zero-order chi connectivity index (χ0) is 24.5. The lowest BCUT2D eigenvalue weighted by Crippen LogP contribution is -2.35. The number of hydrazone groups is 1. The molecule has 35 heavy (non-hydrogen) atoms. The van der Waals surface area contributed by atoms with Crippen LogP contribution in [-0.4, -0.2) is 38.1 Å². The lowest BCUT2D eigenvalue weighted by Gasteiger charge is -2.20. The van der Waals surface area contributed by atoms with E-state index in [0.29, 0.717) is 23.3 Å². The number of benzene rings is 2. The smallest absolute Gasteiger partial charge is 0.283 e. The molecule has 1 amide bonds. The third-order valence-electron chi connectivity index (χ3n) is 5.81. The largest absolute Gasteiger partial charge is 0.492 e. The molecule has 0 atom stereocenters. The monoisotopic (exact) mass is 505 g/mol. The van der Waals surface area contributed by atoms with Crippen LogP contribution >= 0.6 is 23.4 Å². The molecule has 1 N–H and O–H groups in total. The quantitative estimate of drug-likeness (QED) is 0.393. The highest BCUT2D eigenvalue weighted by Gasteiger charge is 2.35. The van der Waals surface area contributed by atoms with Gasteiger partial charge in [-0.3, -0.25) is 10.2 Å². The lowest BCUT2D eigenvalue weighted by molar-refractivity contribution is -0.114. The van der Waals surface area contributed by atoms with Crippen LogP contribution < -0.4 is 4.74 Å². The van der Waals surface area contributed by atoms with E-state index in [2.05, 4.69) is 21.6 Å². The minimum Gasteiger partial charge on any atom is -0.492 e. The average molecular weight is 506 g/mol. The zero-order valence-corrected chi connectivity index (χ0v) is 21.0. The fourth-order valence-corrected chi connectivity index (χ4v) is 5.15. The number of aromatic nitrogens is 1. The molecule has 0 saturated heterocycles. The molecule has 0 unspecified atom stereocenters. The van der Waals surface area contributed by atoms with E-state index in [1.165, 1.54) is 16.8 Å². The summed E-state index contributed by atoms with van der Waals surface area (Å²) in [5.74, 6) is 0.406. The summed E-state index contributed by atoms with van der Waals surface area (Å²) in [6, 6.07) is 13.6. The fraction of sp³-hybridized carbons (Fsp3) is 0.231. The van der Waals surface area contributed by atoms with Gasteiger partial charge in [0.15, 0.2) is 5.84 Å². The van der Waals surface area contributed by atoms with Gasteiger partial charge in [0.25, 0.3) is 5.91 Å². The summed E-state index contributed by atoms with van der Waals surface area (Å²) in [5, 5.41) is 17.6. The van der Waals surface area contributed by atoms with E-state index in [0.717, 1.165) is 45.7 Å². The van der Waals surface area contributed by atoms with Gasteiger partial charge < -0.3 is 9.30 Å². The van der Waals surface area contributed by atoms with Gasteiger partial charge in [0.1, 0.15) is 17.4 Å². The van der Waals surface area contributed by atoms with Gasteiger partial charge in [-0.1, -0.05) is 36.7 Å². The summed E-state index contributed by atoms with van der Waals surface area (Å²) in [7, 11) is 0. The number of aliphatic imine (C=N–C) groups is 1. The van der Waals surface area contributed by atoms with E-state index in [9.17, 15) is 4.79 Å². The van der Waals surface area contributed by atoms with Gasteiger partial charge in [0.05, 0.1) is 12.1 Å². The van der Waals surface area contributed by atoms with Crippen LogP contribution in [0, 0.1) is 12.3 Å². The molecule has 2 aliphatic rings. The molecule has 5 rings (SSSR count). The van der Waals surface area contributed by atoms with Gasteiger partial charge >= 0.3 is 0 Å². The predicted octanol–water partition coefficient (Wildman–Crippen LogP) is 6.10. The third kappa shape index (κ3) is 4.63. The van der Waals surface area contributed by atoms with E-state index >= 15 is 0 Å². The van der Waals surface area contributed by atoms with Gasteiger partial charge in [0, 0.05) is 27.7 Å². The van der Waals surface area contributed by atoms with E-state index in [4.69, 9.17) is 21.7 Å². The van der Waals surface area contributed by atoms with Gasteiger partial charge in [-0.05, 0) is 67.4 Å². The van der Waals surface area contributed by atoms with Crippen LogP contribution in [-0.2, 0) is 11.3 Å². The molecule has 3 aromatic rings. The van der Waals surface area contributed by atoms with Gasteiger partial charge in [-0.25, -0.2) is 0 Å². The van der Waals surface area contributed by atoms with Crippen molar-refractivity contribution >= 4 is 62.3 Å². The third-order valence-corrected chi connectivity index (χ3v) is 7.20. The number of carbonyl (C=O) groups excluding carboxylic acids is 1. The van der Waals surface area contributed by atoms with Gasteiger partial charge in [0.2, 0.25) is 5.17 Å². The Kier molecular flexibility index (Phi) is 6.49. The van der Waals surface area contributed by atoms with Gasteiger partial charge in [-0.2, -0.15) is 15.1 Å². The van der Waals surface area contributed by atoms with Crippen LogP contribution in [0.3, 0.4) is 0 Å². The Bertz CT molecular complexity index is 1440. The number of ether oxygens (including phenoxy) is 1. The van der Waals surface area contributed by atoms with Crippen molar-refractivity contribution in [1.82, 2.24) is 9.58 Å². The van der Waals surface area contributed by atoms with Crippen molar-refractivity contribution in [1.29, 1.82) is 5.41 Å². The number of fused-ring (bicyclic) bond motifs is 2. The number of amides is 1. The SMILES string of the molecule is CCCC1=NN2C(=N)/C(=C/c3cn(CCOc4ccc(Cl)c(C)c4)c4ccccc34)C(=O)N=C2S1. The first-order valence-corrected chi connectivity index (χ1v) is 12.6. The van der Waals surface area contributed by atoms with Crippen molar-refractivity contribution in [3.8, 4) is 5.75 Å². The summed E-state index contributed by atoms with van der Waals surface area (Å²) in [4.78, 5) is 17.0.